The van der Waals surface area contributed by atoms with E-state index in [0.29, 0.717) is 17.1 Å². The van der Waals surface area contributed by atoms with Crippen LogP contribution in [0.25, 0.3) is 41.3 Å². The van der Waals surface area contributed by atoms with Gasteiger partial charge in [-0.2, -0.15) is 0 Å². The highest BCUT2D eigenvalue weighted by Gasteiger charge is 2.14. The van der Waals surface area contributed by atoms with Gasteiger partial charge in [0.1, 0.15) is 11.5 Å². The molecule has 0 bridgehead atoms. The first-order valence-electron chi connectivity index (χ1n) is 22.6. The van der Waals surface area contributed by atoms with Crippen LogP contribution >= 0.6 is 0 Å². The molecule has 0 saturated heterocycles. The van der Waals surface area contributed by atoms with Crippen LogP contribution in [0.5, 0.6) is 0 Å². The molecule has 1 aliphatic heterocycles. The Morgan fingerprint density at radius 1 is 0.362 bits per heavy atom. The maximum Gasteiger partial charge on any atom is 0.269 e. The maximum absolute atomic E-state index is 9.72. The third-order valence-corrected chi connectivity index (χ3v) is 11.4. The summed E-state index contributed by atoms with van der Waals surface area (Å²) in [5.41, 5.74) is 13.4. The van der Waals surface area contributed by atoms with Crippen molar-refractivity contribution in [1.82, 2.24) is 0 Å². The summed E-state index contributed by atoms with van der Waals surface area (Å²) in [6.45, 7) is 7.60. The van der Waals surface area contributed by atoms with Crippen LogP contribution in [-0.2, 0) is 4.74 Å². The average molecular weight is 887 g/mol. The molecule has 0 unspecified atom stereocenters. The number of anilines is 6. The summed E-state index contributed by atoms with van der Waals surface area (Å²) in [5, 5.41) is 9.72. The number of hydrogen-bond acceptors (Lipinski definition) is 4. The smallest absolute Gasteiger partial charge is 0.269 e. The van der Waals surface area contributed by atoms with Crippen LogP contribution in [0, 0.1) is 17.9 Å². The van der Waals surface area contributed by atoms with Gasteiger partial charge in [-0.05, 0) is 136 Å². The zero-order valence-corrected chi connectivity index (χ0v) is 37.8. The van der Waals surface area contributed by atoms with Crippen LogP contribution < -0.4 is 9.80 Å². The third kappa shape index (κ3) is 11.6. The van der Waals surface area contributed by atoms with Crippen molar-refractivity contribution in [2.45, 2.75) is 0 Å². The van der Waals surface area contributed by atoms with E-state index in [2.05, 4.69) is 233 Å². The molecule has 0 aromatic heterocycles. The summed E-state index contributed by atoms with van der Waals surface area (Å²) >= 11 is 0. The molecule has 0 aliphatic carbocycles. The molecule has 8 aromatic rings. The van der Waals surface area contributed by atoms with Crippen molar-refractivity contribution in [3.63, 3.8) is 0 Å². The van der Waals surface area contributed by atoms with Crippen LogP contribution in [0.3, 0.4) is 0 Å². The minimum Gasteiger partial charge on any atom is -0.457 e. The molecule has 0 fully saturated rings. The Kier molecular flexibility index (Phi) is 14.2. The molecule has 1 aliphatic rings. The lowest BCUT2D eigenvalue weighted by Gasteiger charge is -2.25. The zero-order valence-electron chi connectivity index (χ0n) is 37.8. The quantitative estimate of drug-likeness (QED) is 0.0620. The van der Waals surface area contributed by atoms with Gasteiger partial charge >= 0.3 is 0 Å². The van der Waals surface area contributed by atoms with Gasteiger partial charge in [-0.1, -0.05) is 182 Å². The van der Waals surface area contributed by atoms with E-state index in [9.17, 15) is 5.26 Å². The summed E-state index contributed by atoms with van der Waals surface area (Å²) in [5.74, 6) is 1.05. The fourth-order valence-electron chi connectivity index (χ4n) is 7.85. The van der Waals surface area contributed by atoms with Gasteiger partial charge in [-0.25, -0.2) is 10.1 Å². The van der Waals surface area contributed by atoms with E-state index < -0.39 is 0 Å². The van der Waals surface area contributed by atoms with E-state index in [1.165, 1.54) is 0 Å². The second kappa shape index (κ2) is 22.0. The predicted molar refractivity (Wildman–Crippen MR) is 288 cm³/mol. The van der Waals surface area contributed by atoms with Crippen LogP contribution in [-0.4, -0.2) is 0 Å². The highest BCUT2D eigenvalue weighted by atomic mass is 16.5. The van der Waals surface area contributed by atoms with Gasteiger partial charge in [-0.15, -0.1) is 0 Å². The topological polar surface area (TPSA) is 43.9 Å². The summed E-state index contributed by atoms with van der Waals surface area (Å²) < 4.78 is 6.24. The molecule has 0 saturated carbocycles. The molecule has 69 heavy (non-hydrogen) atoms. The molecule has 9 rings (SSSR count). The number of hydrogen-bond donors (Lipinski definition) is 0. The first-order chi connectivity index (χ1) is 34.1. The van der Waals surface area contributed by atoms with Crippen LogP contribution in [0.4, 0.5) is 34.1 Å². The Morgan fingerprint density at radius 2 is 0.609 bits per heavy atom. The lowest BCUT2D eigenvalue weighted by atomic mass is 10.1. The van der Waals surface area contributed by atoms with Crippen molar-refractivity contribution >= 4 is 70.6 Å². The minimum atomic E-state index is 0.00101. The molecule has 0 radical (unpaired) electrons. The van der Waals surface area contributed by atoms with E-state index in [1.807, 2.05) is 54.6 Å². The Bertz CT molecular complexity index is 3000. The number of allylic oxidation sites excluding steroid dienone is 6. The van der Waals surface area contributed by atoms with Gasteiger partial charge < -0.3 is 14.5 Å². The Hall–Kier alpha value is -9.68. The number of para-hydroxylation sites is 4. The summed E-state index contributed by atoms with van der Waals surface area (Å²) in [4.78, 5) is 7.96. The fourth-order valence-corrected chi connectivity index (χ4v) is 7.85. The van der Waals surface area contributed by atoms with Gasteiger partial charge in [0.2, 0.25) is 0 Å². The highest BCUT2D eigenvalue weighted by molar-refractivity contribution is 5.80. The molecule has 0 atom stereocenters. The van der Waals surface area contributed by atoms with Crippen molar-refractivity contribution < 1.29 is 4.74 Å². The monoisotopic (exact) mass is 886 g/mol. The number of nitriles is 1. The molecule has 0 spiro atoms. The van der Waals surface area contributed by atoms with E-state index in [1.54, 1.807) is 12.2 Å². The van der Waals surface area contributed by atoms with Crippen molar-refractivity contribution in [1.29, 1.82) is 5.26 Å². The highest BCUT2D eigenvalue weighted by Crippen LogP contribution is 2.36. The molecule has 328 valence electrons. The molecule has 5 nitrogen and oxygen atoms in total. The Morgan fingerprint density at radius 3 is 0.870 bits per heavy atom. The van der Waals surface area contributed by atoms with Gasteiger partial charge in [0.15, 0.2) is 0 Å². The standard InChI is InChI=1S/C64H46N4O/c1-66-64(48-65)55-46-62(44-38-51-28-22-49(23-29-51)26-32-53-34-40-60(41-35-53)67(56-14-6-2-7-15-56)57-16-8-3-9-17-57)69-63(47-55)45-39-52-30-24-50(25-31-52)27-33-54-36-42-61(43-37-54)68(58-18-10-4-11-19-58)59-20-12-5-13-21-59/h2-47H/b32-26+,33-27+,44-38+,45-39+. The summed E-state index contributed by atoms with van der Waals surface area (Å²) in [6.07, 6.45) is 19.5. The summed E-state index contributed by atoms with van der Waals surface area (Å²) in [7, 11) is 0. The minimum absolute atomic E-state index is 0.00101. The van der Waals surface area contributed by atoms with Gasteiger partial charge in [-0.3, -0.25) is 0 Å². The fraction of sp³-hybridized carbons (Fsp3) is 0. The molecular formula is C64H46N4O. The second-order valence-electron chi connectivity index (χ2n) is 16.1. The van der Waals surface area contributed by atoms with Crippen molar-refractivity contribution in [3.05, 3.63) is 310 Å². The predicted octanol–water partition coefficient (Wildman–Crippen LogP) is 17.2. The molecular weight excluding hydrogens is 841 g/mol. The summed E-state index contributed by atoms with van der Waals surface area (Å²) in [6, 6.07) is 77.2. The van der Waals surface area contributed by atoms with Crippen molar-refractivity contribution in [3.8, 4) is 6.07 Å². The van der Waals surface area contributed by atoms with Gasteiger partial charge in [0.25, 0.3) is 5.70 Å². The first-order valence-corrected chi connectivity index (χ1v) is 22.6. The van der Waals surface area contributed by atoms with Crippen molar-refractivity contribution in [2.75, 3.05) is 9.80 Å². The van der Waals surface area contributed by atoms with E-state index in [0.717, 1.165) is 67.5 Å². The maximum atomic E-state index is 9.72. The zero-order chi connectivity index (χ0) is 47.0. The van der Waals surface area contributed by atoms with E-state index in [-0.39, 0.29) is 5.70 Å². The lowest BCUT2D eigenvalue weighted by molar-refractivity contribution is 0.332. The average Bonchev–Trinajstić information content (AvgIpc) is 3.41. The molecule has 8 aromatic carbocycles. The van der Waals surface area contributed by atoms with E-state index in [4.69, 9.17) is 11.3 Å². The van der Waals surface area contributed by atoms with Gasteiger partial charge in [0, 0.05) is 34.1 Å². The Labute approximate surface area is 404 Å². The van der Waals surface area contributed by atoms with E-state index >= 15 is 0 Å². The number of rotatable bonds is 14. The first kappa shape index (κ1) is 44.5. The number of benzene rings is 8. The van der Waals surface area contributed by atoms with Crippen LogP contribution in [0.15, 0.2) is 265 Å². The van der Waals surface area contributed by atoms with Crippen LogP contribution in [0.2, 0.25) is 0 Å². The van der Waals surface area contributed by atoms with Crippen LogP contribution in [0.1, 0.15) is 33.4 Å². The molecule has 0 amide bonds. The Balaban J connectivity index is 0.823. The SMILES string of the molecule is [C-]#[N+]C(C#N)=C1C=C(/C=C/c2ccc(/C=C/c3ccc(N(c4ccccc4)c4ccccc4)cc3)cc2)OC(/C=C/c2ccc(/C=C/c3ccc(N(c4ccccc4)c4ccccc4)cc3)cc2)=C1. The second-order valence-corrected chi connectivity index (χ2v) is 16.1. The number of ether oxygens (including phenoxy) is 1. The third-order valence-electron chi connectivity index (χ3n) is 11.4. The number of nitrogens with zero attached hydrogens (tertiary/aromatic N) is 4. The largest absolute Gasteiger partial charge is 0.457 e. The van der Waals surface area contributed by atoms with Crippen molar-refractivity contribution in [2.24, 2.45) is 0 Å². The molecule has 0 N–H and O–H groups in total. The normalized spacial score (nSPS) is 12.3. The van der Waals surface area contributed by atoms with Gasteiger partial charge in [0.05, 0.1) is 12.6 Å². The lowest BCUT2D eigenvalue weighted by Crippen LogP contribution is -2.09. The molecule has 1 heterocycles. The molecule has 5 heteroatoms.